The van der Waals surface area contributed by atoms with Crippen LogP contribution in [0, 0.1) is 6.92 Å². The Kier molecular flexibility index (Phi) is 6.96. The second-order valence-electron chi connectivity index (χ2n) is 4.03. The SMILES string of the molecule is CNCc1cc(S(=O)(=O)NCCOCC(F)F)c(C)s1. The van der Waals surface area contributed by atoms with Crippen LogP contribution in [0.4, 0.5) is 8.78 Å². The van der Waals surface area contributed by atoms with E-state index in [1.165, 1.54) is 11.3 Å². The first kappa shape index (κ1) is 17.4. The summed E-state index contributed by atoms with van der Waals surface area (Å²) >= 11 is 1.40. The molecule has 0 unspecified atom stereocenters. The third-order valence-corrected chi connectivity index (χ3v) is 5.11. The molecule has 1 heterocycles. The second-order valence-corrected chi connectivity index (χ2v) is 7.10. The van der Waals surface area contributed by atoms with Crippen molar-refractivity contribution in [1.29, 1.82) is 0 Å². The van der Waals surface area contributed by atoms with Crippen LogP contribution in [-0.2, 0) is 21.3 Å². The number of nitrogens with one attached hydrogen (secondary N) is 2. The summed E-state index contributed by atoms with van der Waals surface area (Å²) < 4.78 is 54.7. The molecule has 1 aromatic rings. The third kappa shape index (κ3) is 5.41. The molecule has 0 saturated carbocycles. The van der Waals surface area contributed by atoms with Crippen molar-refractivity contribution in [2.45, 2.75) is 24.8 Å². The highest BCUT2D eigenvalue weighted by atomic mass is 32.2. The lowest BCUT2D eigenvalue weighted by Crippen LogP contribution is -2.28. The number of ether oxygens (including phenoxy) is 1. The fourth-order valence-corrected chi connectivity index (χ4v) is 4.21. The van der Waals surface area contributed by atoms with Gasteiger partial charge < -0.3 is 10.1 Å². The zero-order valence-electron chi connectivity index (χ0n) is 11.3. The highest BCUT2D eigenvalue weighted by Gasteiger charge is 2.19. The van der Waals surface area contributed by atoms with E-state index in [-0.39, 0.29) is 18.0 Å². The third-order valence-electron chi connectivity index (χ3n) is 2.35. The molecule has 0 aliphatic carbocycles. The molecule has 0 aliphatic rings. The van der Waals surface area contributed by atoms with Crippen molar-refractivity contribution in [2.24, 2.45) is 0 Å². The van der Waals surface area contributed by atoms with Crippen LogP contribution in [0.3, 0.4) is 0 Å². The maximum Gasteiger partial charge on any atom is 0.261 e. The molecule has 0 spiro atoms. The van der Waals surface area contributed by atoms with Crippen LogP contribution < -0.4 is 10.0 Å². The van der Waals surface area contributed by atoms with E-state index < -0.39 is 23.1 Å². The lowest BCUT2D eigenvalue weighted by molar-refractivity contribution is 0.0199. The maximum atomic E-state index is 12.0. The Morgan fingerprint density at radius 2 is 2.15 bits per heavy atom. The van der Waals surface area contributed by atoms with Gasteiger partial charge in [0.05, 0.1) is 11.5 Å². The molecule has 0 aromatic carbocycles. The smallest absolute Gasteiger partial charge is 0.261 e. The van der Waals surface area contributed by atoms with Crippen molar-refractivity contribution in [2.75, 3.05) is 26.8 Å². The fraction of sp³-hybridized carbons (Fsp3) is 0.636. The first-order valence-electron chi connectivity index (χ1n) is 5.96. The zero-order chi connectivity index (χ0) is 15.2. The molecule has 0 fully saturated rings. The van der Waals surface area contributed by atoms with Gasteiger partial charge in [-0.3, -0.25) is 0 Å². The van der Waals surface area contributed by atoms with Crippen molar-refractivity contribution in [3.8, 4) is 0 Å². The largest absolute Gasteiger partial charge is 0.374 e. The molecule has 20 heavy (non-hydrogen) atoms. The quantitative estimate of drug-likeness (QED) is 0.671. The number of halogens is 2. The molecule has 116 valence electrons. The van der Waals surface area contributed by atoms with Crippen LogP contribution in [0.25, 0.3) is 0 Å². The van der Waals surface area contributed by atoms with Gasteiger partial charge in [0.25, 0.3) is 6.43 Å². The first-order chi connectivity index (χ1) is 9.36. The number of alkyl halides is 2. The Morgan fingerprint density at radius 3 is 2.75 bits per heavy atom. The number of thiophene rings is 1. The number of hydrogen-bond donors (Lipinski definition) is 2. The predicted molar refractivity (Wildman–Crippen MR) is 73.8 cm³/mol. The van der Waals surface area contributed by atoms with E-state index in [0.29, 0.717) is 11.4 Å². The lowest BCUT2D eigenvalue weighted by Gasteiger charge is -2.06. The molecule has 0 aliphatic heterocycles. The van der Waals surface area contributed by atoms with Crippen molar-refractivity contribution >= 4 is 21.4 Å². The average Bonchev–Trinajstić information content (AvgIpc) is 2.70. The highest BCUT2D eigenvalue weighted by molar-refractivity contribution is 7.89. The van der Waals surface area contributed by atoms with Crippen molar-refractivity contribution in [3.05, 3.63) is 15.8 Å². The van der Waals surface area contributed by atoms with E-state index in [0.717, 1.165) is 4.88 Å². The van der Waals surface area contributed by atoms with Gasteiger partial charge in [-0.25, -0.2) is 21.9 Å². The Hall–Kier alpha value is -0.610. The summed E-state index contributed by atoms with van der Waals surface area (Å²) in [5.41, 5.74) is 0. The molecule has 9 heteroatoms. The predicted octanol–water partition coefficient (Wildman–Crippen LogP) is 1.34. The van der Waals surface area contributed by atoms with Crippen LogP contribution in [-0.4, -0.2) is 41.6 Å². The molecule has 0 amide bonds. The molecule has 0 atom stereocenters. The van der Waals surface area contributed by atoms with E-state index >= 15 is 0 Å². The summed E-state index contributed by atoms with van der Waals surface area (Å²) in [5, 5.41) is 2.95. The summed E-state index contributed by atoms with van der Waals surface area (Å²) in [6, 6.07) is 1.61. The maximum absolute atomic E-state index is 12.0. The van der Waals surface area contributed by atoms with Gasteiger partial charge in [0.2, 0.25) is 10.0 Å². The van der Waals surface area contributed by atoms with E-state index in [4.69, 9.17) is 0 Å². The number of hydrogen-bond acceptors (Lipinski definition) is 5. The van der Waals surface area contributed by atoms with E-state index in [2.05, 4.69) is 14.8 Å². The second kappa shape index (κ2) is 7.99. The molecule has 2 N–H and O–H groups in total. The minimum absolute atomic E-state index is 0.0360. The molecule has 1 aromatic heterocycles. The van der Waals surface area contributed by atoms with E-state index in [1.807, 2.05) is 0 Å². The molecule has 0 saturated heterocycles. The minimum Gasteiger partial charge on any atom is -0.374 e. The van der Waals surface area contributed by atoms with Crippen LogP contribution in [0.1, 0.15) is 9.75 Å². The van der Waals surface area contributed by atoms with Crippen molar-refractivity contribution < 1.29 is 21.9 Å². The van der Waals surface area contributed by atoms with Gasteiger partial charge in [-0.05, 0) is 20.0 Å². The normalized spacial score (nSPS) is 12.2. The van der Waals surface area contributed by atoms with Gasteiger partial charge in [-0.15, -0.1) is 11.3 Å². The van der Waals surface area contributed by atoms with Crippen molar-refractivity contribution in [3.63, 3.8) is 0 Å². The molecule has 0 radical (unpaired) electrons. The summed E-state index contributed by atoms with van der Waals surface area (Å²) in [6.45, 7) is 1.51. The van der Waals surface area contributed by atoms with E-state index in [1.54, 1.807) is 20.0 Å². The topological polar surface area (TPSA) is 67.4 Å². The van der Waals surface area contributed by atoms with Crippen LogP contribution in [0.5, 0.6) is 0 Å². The molecular formula is C11H18F2N2O3S2. The molecule has 1 rings (SSSR count). The van der Waals surface area contributed by atoms with Crippen LogP contribution >= 0.6 is 11.3 Å². The minimum atomic E-state index is -3.62. The lowest BCUT2D eigenvalue weighted by atomic mass is 10.4. The zero-order valence-corrected chi connectivity index (χ0v) is 12.9. The Morgan fingerprint density at radius 1 is 1.45 bits per heavy atom. The van der Waals surface area contributed by atoms with Gasteiger partial charge in [-0.1, -0.05) is 0 Å². The Balaban J connectivity index is 2.55. The van der Waals surface area contributed by atoms with Gasteiger partial charge in [0, 0.05) is 22.8 Å². The monoisotopic (exact) mass is 328 g/mol. The Labute approximate surface area is 121 Å². The summed E-state index contributed by atoms with van der Waals surface area (Å²) in [7, 11) is -1.84. The average molecular weight is 328 g/mol. The van der Waals surface area contributed by atoms with Crippen molar-refractivity contribution in [1.82, 2.24) is 10.0 Å². The van der Waals surface area contributed by atoms with Gasteiger partial charge >= 0.3 is 0 Å². The highest BCUT2D eigenvalue weighted by Crippen LogP contribution is 2.25. The number of aryl methyl sites for hydroxylation is 1. The standard InChI is InChI=1S/C11H18F2N2O3S2/c1-8-10(5-9(19-8)6-14-2)20(16,17)15-3-4-18-7-11(12)13/h5,11,14-15H,3-4,6-7H2,1-2H3. The molecule has 0 bridgehead atoms. The molecular weight excluding hydrogens is 310 g/mol. The summed E-state index contributed by atoms with van der Waals surface area (Å²) in [5.74, 6) is 0. The Bertz CT molecular complexity index is 518. The molecule has 5 nitrogen and oxygen atoms in total. The summed E-state index contributed by atoms with van der Waals surface area (Å²) in [6.07, 6.45) is -2.55. The van der Waals surface area contributed by atoms with E-state index in [9.17, 15) is 17.2 Å². The van der Waals surface area contributed by atoms with Gasteiger partial charge in [0.15, 0.2) is 0 Å². The number of rotatable bonds is 9. The summed E-state index contributed by atoms with van der Waals surface area (Å²) in [4.78, 5) is 1.83. The van der Waals surface area contributed by atoms with Crippen LogP contribution in [0.15, 0.2) is 11.0 Å². The fourth-order valence-electron chi connectivity index (χ4n) is 1.55. The van der Waals surface area contributed by atoms with Crippen LogP contribution in [0.2, 0.25) is 0 Å². The van der Waals surface area contributed by atoms with Gasteiger partial charge in [-0.2, -0.15) is 0 Å². The first-order valence-corrected chi connectivity index (χ1v) is 8.26. The van der Waals surface area contributed by atoms with Gasteiger partial charge in [0.1, 0.15) is 6.61 Å². The number of sulfonamides is 1.